The van der Waals surface area contributed by atoms with Crippen molar-refractivity contribution in [1.29, 1.82) is 0 Å². The fourth-order valence-electron chi connectivity index (χ4n) is 4.16. The molecule has 0 aliphatic carbocycles. The summed E-state index contributed by atoms with van der Waals surface area (Å²) in [6, 6.07) is 5.20. The van der Waals surface area contributed by atoms with Crippen LogP contribution >= 0.6 is 0 Å². The van der Waals surface area contributed by atoms with E-state index in [-0.39, 0.29) is 18.4 Å². The van der Waals surface area contributed by atoms with Crippen molar-refractivity contribution in [3.8, 4) is 11.5 Å². The van der Waals surface area contributed by atoms with E-state index >= 15 is 0 Å². The van der Waals surface area contributed by atoms with E-state index in [1.807, 2.05) is 4.90 Å². The topological polar surface area (TPSA) is 88.6 Å². The molecule has 0 aromatic heterocycles. The van der Waals surface area contributed by atoms with Crippen molar-refractivity contribution in [3.63, 3.8) is 0 Å². The number of methoxy groups -OCH3 is 2. The maximum absolute atomic E-state index is 13.0. The Labute approximate surface area is 189 Å². The first-order valence-electron chi connectivity index (χ1n) is 11.1. The number of carbonyl (C=O) groups excluding carboxylic acids is 3. The molecule has 2 saturated heterocycles. The van der Waals surface area contributed by atoms with Gasteiger partial charge in [0, 0.05) is 44.3 Å². The van der Waals surface area contributed by atoms with Gasteiger partial charge >= 0.3 is 5.97 Å². The summed E-state index contributed by atoms with van der Waals surface area (Å²) in [7, 11) is 2.77. The molecule has 3 rings (SSSR count). The molecule has 2 amide bonds. The molecule has 1 unspecified atom stereocenters. The Morgan fingerprint density at radius 2 is 1.75 bits per heavy atom. The van der Waals surface area contributed by atoms with E-state index in [2.05, 4.69) is 16.6 Å². The lowest BCUT2D eigenvalue weighted by molar-refractivity contribution is -0.143. The monoisotopic (exact) mass is 447 g/mol. The molecular formula is C23H33N3O6. The van der Waals surface area contributed by atoms with Crippen molar-refractivity contribution < 1.29 is 28.6 Å². The number of hydrogen-bond acceptors (Lipinski definition) is 7. The predicted molar refractivity (Wildman–Crippen MR) is 118 cm³/mol. The summed E-state index contributed by atoms with van der Waals surface area (Å²) in [6.45, 7) is 5.58. The van der Waals surface area contributed by atoms with Crippen molar-refractivity contribution in [2.75, 3.05) is 60.1 Å². The summed E-state index contributed by atoms with van der Waals surface area (Å²) in [5.74, 6) is 0.324. The van der Waals surface area contributed by atoms with Crippen LogP contribution < -0.4 is 9.47 Å². The molecule has 2 aliphatic rings. The van der Waals surface area contributed by atoms with Gasteiger partial charge in [-0.05, 0) is 44.4 Å². The molecule has 0 radical (unpaired) electrons. The van der Waals surface area contributed by atoms with Crippen LogP contribution in [0.4, 0.5) is 0 Å². The quantitative estimate of drug-likeness (QED) is 0.584. The van der Waals surface area contributed by atoms with E-state index in [1.165, 1.54) is 20.6 Å². The molecule has 0 N–H and O–H groups in total. The van der Waals surface area contributed by atoms with Crippen molar-refractivity contribution >= 4 is 17.8 Å². The Bertz CT molecular complexity index is 822. The van der Waals surface area contributed by atoms with Gasteiger partial charge in [-0.15, -0.1) is 0 Å². The lowest BCUT2D eigenvalue weighted by atomic mass is 10.0. The van der Waals surface area contributed by atoms with Gasteiger partial charge in [-0.25, -0.2) is 4.79 Å². The second kappa shape index (κ2) is 11.2. The number of rotatable bonds is 7. The fraction of sp³-hybridized carbons (Fsp3) is 0.609. The third-order valence-electron chi connectivity index (χ3n) is 6.13. The third kappa shape index (κ3) is 5.91. The van der Waals surface area contributed by atoms with Crippen LogP contribution in [-0.4, -0.2) is 98.6 Å². The normalized spacial score (nSPS) is 19.4. The van der Waals surface area contributed by atoms with Crippen molar-refractivity contribution in [2.45, 2.75) is 32.2 Å². The second-order valence-electron chi connectivity index (χ2n) is 8.23. The van der Waals surface area contributed by atoms with Crippen LogP contribution in [0.1, 0.15) is 36.5 Å². The molecule has 176 valence electrons. The van der Waals surface area contributed by atoms with Gasteiger partial charge in [0.1, 0.15) is 0 Å². The Balaban J connectivity index is 1.53. The summed E-state index contributed by atoms with van der Waals surface area (Å²) in [6.07, 6.45) is 3.34. The van der Waals surface area contributed by atoms with Gasteiger partial charge in [0.25, 0.3) is 5.91 Å². The Morgan fingerprint density at radius 3 is 2.41 bits per heavy atom. The van der Waals surface area contributed by atoms with Crippen LogP contribution in [0.15, 0.2) is 18.2 Å². The van der Waals surface area contributed by atoms with E-state index in [4.69, 9.17) is 9.47 Å². The maximum atomic E-state index is 13.0. The molecule has 1 atom stereocenters. The molecule has 2 heterocycles. The van der Waals surface area contributed by atoms with Gasteiger partial charge in [-0.1, -0.05) is 0 Å². The molecule has 9 nitrogen and oxygen atoms in total. The van der Waals surface area contributed by atoms with E-state index in [9.17, 15) is 14.4 Å². The number of benzene rings is 1. The average molecular weight is 448 g/mol. The van der Waals surface area contributed by atoms with Crippen LogP contribution in [0.2, 0.25) is 0 Å². The number of esters is 1. The van der Waals surface area contributed by atoms with Crippen molar-refractivity contribution in [1.82, 2.24) is 14.7 Å². The Hall–Kier alpha value is -2.81. The highest BCUT2D eigenvalue weighted by Gasteiger charge is 2.28. The van der Waals surface area contributed by atoms with Gasteiger partial charge in [0.05, 0.1) is 20.8 Å². The number of piperazine rings is 1. The zero-order valence-corrected chi connectivity index (χ0v) is 19.2. The number of nitrogens with zero attached hydrogens (tertiary/aromatic N) is 3. The lowest BCUT2D eigenvalue weighted by Crippen LogP contribution is -2.53. The minimum Gasteiger partial charge on any atom is -0.493 e. The lowest BCUT2D eigenvalue weighted by Gasteiger charge is -2.38. The number of ether oxygens (including phenoxy) is 3. The predicted octanol–water partition coefficient (Wildman–Crippen LogP) is 1.41. The fourth-order valence-corrected chi connectivity index (χ4v) is 4.16. The highest BCUT2D eigenvalue weighted by molar-refractivity contribution is 5.95. The van der Waals surface area contributed by atoms with Gasteiger partial charge < -0.3 is 24.0 Å². The zero-order chi connectivity index (χ0) is 23.1. The first-order valence-corrected chi connectivity index (χ1v) is 11.1. The molecule has 0 spiro atoms. The van der Waals surface area contributed by atoms with Gasteiger partial charge in [-0.2, -0.15) is 0 Å². The number of hydrogen-bond donors (Lipinski definition) is 0. The van der Waals surface area contributed by atoms with Gasteiger partial charge in [0.15, 0.2) is 18.1 Å². The largest absolute Gasteiger partial charge is 0.493 e. The van der Waals surface area contributed by atoms with Crippen LogP contribution in [0, 0.1) is 0 Å². The van der Waals surface area contributed by atoms with Crippen LogP contribution in [0.3, 0.4) is 0 Å². The number of amides is 2. The number of likely N-dealkylation sites (tertiary alicyclic amines) is 1. The van der Waals surface area contributed by atoms with E-state index in [0.29, 0.717) is 55.8 Å². The molecule has 9 heteroatoms. The number of carbonyl (C=O) groups is 3. The molecule has 1 aromatic rings. The smallest absolute Gasteiger partial charge is 0.343 e. The Morgan fingerprint density at radius 1 is 1.00 bits per heavy atom. The van der Waals surface area contributed by atoms with Crippen molar-refractivity contribution in [2.24, 2.45) is 0 Å². The van der Waals surface area contributed by atoms with Crippen LogP contribution in [0.25, 0.3) is 0 Å². The molecule has 0 bridgehead atoms. The molecule has 2 fully saturated rings. The Kier molecular flexibility index (Phi) is 8.33. The first kappa shape index (κ1) is 23.8. The summed E-state index contributed by atoms with van der Waals surface area (Å²) in [4.78, 5) is 42.8. The SMILES string of the molecule is COC(=O)COc1ccc(C(=O)N2CCN(CC(=O)N3CCCCC3C)CC2)cc1OC. The highest BCUT2D eigenvalue weighted by atomic mass is 16.6. The minimum absolute atomic E-state index is 0.0987. The first-order chi connectivity index (χ1) is 15.4. The number of piperidine rings is 1. The molecule has 2 aliphatic heterocycles. The molecule has 32 heavy (non-hydrogen) atoms. The van der Waals surface area contributed by atoms with E-state index in [1.54, 1.807) is 23.1 Å². The maximum Gasteiger partial charge on any atom is 0.343 e. The standard InChI is InChI=1S/C23H33N3O6/c1-17-6-4-5-9-26(17)21(27)15-24-10-12-25(13-11-24)23(29)18-7-8-19(20(14-18)30-2)32-16-22(28)31-3/h7-8,14,17H,4-6,9-13,15-16H2,1-3H3. The minimum atomic E-state index is -0.502. The van der Waals surface area contributed by atoms with E-state index in [0.717, 1.165) is 19.4 Å². The van der Waals surface area contributed by atoms with Gasteiger partial charge in [0.2, 0.25) is 5.91 Å². The summed E-state index contributed by atoms with van der Waals surface area (Å²) < 4.78 is 15.3. The zero-order valence-electron chi connectivity index (χ0n) is 19.2. The molecule has 1 aromatic carbocycles. The van der Waals surface area contributed by atoms with Crippen molar-refractivity contribution in [3.05, 3.63) is 23.8 Å². The third-order valence-corrected chi connectivity index (χ3v) is 6.13. The molecule has 0 saturated carbocycles. The van der Waals surface area contributed by atoms with Crippen LogP contribution in [0.5, 0.6) is 11.5 Å². The molecular weight excluding hydrogens is 414 g/mol. The van der Waals surface area contributed by atoms with E-state index < -0.39 is 5.97 Å². The second-order valence-corrected chi connectivity index (χ2v) is 8.23. The summed E-state index contributed by atoms with van der Waals surface area (Å²) >= 11 is 0. The average Bonchev–Trinajstić information content (AvgIpc) is 2.82. The van der Waals surface area contributed by atoms with Gasteiger partial charge in [-0.3, -0.25) is 14.5 Å². The summed E-state index contributed by atoms with van der Waals surface area (Å²) in [5.41, 5.74) is 0.485. The summed E-state index contributed by atoms with van der Waals surface area (Å²) in [5, 5.41) is 0. The van der Waals surface area contributed by atoms with Crippen LogP contribution in [-0.2, 0) is 14.3 Å². The highest BCUT2D eigenvalue weighted by Crippen LogP contribution is 2.29.